The van der Waals surface area contributed by atoms with Gasteiger partial charge in [-0.15, -0.1) is 0 Å². The molecule has 1 aromatic carbocycles. The Morgan fingerprint density at radius 2 is 1.75 bits per heavy atom. The van der Waals surface area contributed by atoms with Crippen LogP contribution in [0.15, 0.2) is 30.3 Å². The molecule has 1 saturated heterocycles. The van der Waals surface area contributed by atoms with Crippen LogP contribution in [0.1, 0.15) is 33.3 Å². The van der Waals surface area contributed by atoms with E-state index in [2.05, 4.69) is 0 Å². The highest BCUT2D eigenvalue weighted by molar-refractivity contribution is 5.23. The van der Waals surface area contributed by atoms with Crippen LogP contribution in [0.4, 0.5) is 0 Å². The van der Waals surface area contributed by atoms with Gasteiger partial charge in [0.05, 0.1) is 11.6 Å². The van der Waals surface area contributed by atoms with Gasteiger partial charge < -0.3 is 14.9 Å². The van der Waals surface area contributed by atoms with E-state index in [1.54, 1.807) is 26.1 Å². The van der Waals surface area contributed by atoms with Crippen LogP contribution in [-0.2, 0) is 15.3 Å². The molecule has 0 aliphatic carbocycles. The second-order valence-corrected chi connectivity index (χ2v) is 6.21. The SMILES string of the molecule is CC1N(C)C(O)(OC(C)(C)C)OC1(O)c1ccccc1. The van der Waals surface area contributed by atoms with E-state index < -0.39 is 23.5 Å². The second-order valence-electron chi connectivity index (χ2n) is 6.21. The predicted octanol–water partition coefficient (Wildman–Crippen LogP) is 1.60. The van der Waals surface area contributed by atoms with Gasteiger partial charge in [-0.2, -0.15) is 0 Å². The molecule has 1 heterocycles. The lowest BCUT2D eigenvalue weighted by atomic mass is 9.99. The van der Waals surface area contributed by atoms with Gasteiger partial charge >= 0.3 is 6.10 Å². The Balaban J connectivity index is 2.36. The van der Waals surface area contributed by atoms with Crippen molar-refractivity contribution in [3.8, 4) is 0 Å². The lowest BCUT2D eigenvalue weighted by Gasteiger charge is -2.35. The molecule has 2 N–H and O–H groups in total. The van der Waals surface area contributed by atoms with Crippen molar-refractivity contribution in [3.05, 3.63) is 35.9 Å². The van der Waals surface area contributed by atoms with Crippen molar-refractivity contribution < 1.29 is 19.7 Å². The highest BCUT2D eigenvalue weighted by Gasteiger charge is 2.60. The molecular formula is C15H23NO4. The average molecular weight is 281 g/mol. The molecule has 0 bridgehead atoms. The number of ether oxygens (including phenoxy) is 2. The zero-order chi connectivity index (χ0) is 15.2. The van der Waals surface area contributed by atoms with Crippen molar-refractivity contribution >= 4 is 0 Å². The third kappa shape index (κ3) is 2.60. The first-order valence-electron chi connectivity index (χ1n) is 6.72. The lowest BCUT2D eigenvalue weighted by Crippen LogP contribution is -2.51. The number of nitrogens with zero attached hydrogens (tertiary/aromatic N) is 1. The first-order valence-corrected chi connectivity index (χ1v) is 6.72. The van der Waals surface area contributed by atoms with E-state index in [9.17, 15) is 10.2 Å². The van der Waals surface area contributed by atoms with E-state index in [4.69, 9.17) is 9.47 Å². The first kappa shape index (κ1) is 15.4. The van der Waals surface area contributed by atoms with Gasteiger partial charge in [-0.3, -0.25) is 4.74 Å². The van der Waals surface area contributed by atoms with E-state index >= 15 is 0 Å². The van der Waals surface area contributed by atoms with Crippen molar-refractivity contribution in [3.63, 3.8) is 0 Å². The fourth-order valence-electron chi connectivity index (χ4n) is 2.34. The Kier molecular flexibility index (Phi) is 3.69. The number of rotatable bonds is 2. The molecule has 20 heavy (non-hydrogen) atoms. The standard InChI is InChI=1S/C15H23NO4/c1-11-14(17,12-9-7-6-8-10-12)20-15(18,16(11)5)19-13(2,3)4/h6-11,17-18H,1-5H3. The number of benzene rings is 1. The van der Waals surface area contributed by atoms with Crippen LogP contribution < -0.4 is 0 Å². The Hall–Kier alpha value is -0.980. The van der Waals surface area contributed by atoms with Crippen molar-refractivity contribution in [2.24, 2.45) is 0 Å². The summed E-state index contributed by atoms with van der Waals surface area (Å²) in [5.41, 5.74) is -0.0437. The molecule has 2 rings (SSSR count). The summed E-state index contributed by atoms with van der Waals surface area (Å²) >= 11 is 0. The zero-order valence-electron chi connectivity index (χ0n) is 12.6. The largest absolute Gasteiger partial charge is 0.360 e. The van der Waals surface area contributed by atoms with E-state index in [0.29, 0.717) is 5.56 Å². The molecule has 1 aromatic rings. The van der Waals surface area contributed by atoms with Gasteiger partial charge in [0.15, 0.2) is 0 Å². The van der Waals surface area contributed by atoms with Gasteiger partial charge in [0.25, 0.3) is 0 Å². The van der Waals surface area contributed by atoms with Crippen LogP contribution in [-0.4, -0.2) is 39.9 Å². The molecule has 0 radical (unpaired) electrons. The molecule has 1 aliphatic heterocycles. The minimum absolute atomic E-state index is 0.475. The molecule has 3 unspecified atom stereocenters. The zero-order valence-corrected chi connectivity index (χ0v) is 12.6. The monoisotopic (exact) mass is 281 g/mol. The number of aliphatic hydroxyl groups is 2. The number of hydrogen-bond acceptors (Lipinski definition) is 5. The van der Waals surface area contributed by atoms with Gasteiger partial charge in [-0.05, 0) is 34.7 Å². The van der Waals surface area contributed by atoms with Crippen LogP contribution >= 0.6 is 0 Å². The van der Waals surface area contributed by atoms with E-state index in [-0.39, 0.29) is 0 Å². The predicted molar refractivity (Wildman–Crippen MR) is 74.4 cm³/mol. The number of likely N-dealkylation sites (N-methyl/N-ethyl adjacent to an activating group) is 1. The van der Waals surface area contributed by atoms with Crippen molar-refractivity contribution in [2.45, 2.75) is 51.2 Å². The van der Waals surface area contributed by atoms with Crippen molar-refractivity contribution in [1.29, 1.82) is 0 Å². The fraction of sp³-hybridized carbons (Fsp3) is 0.600. The van der Waals surface area contributed by atoms with E-state index in [1.165, 1.54) is 4.90 Å². The lowest BCUT2D eigenvalue weighted by molar-refractivity contribution is -0.452. The summed E-state index contributed by atoms with van der Waals surface area (Å²) < 4.78 is 11.1. The maximum absolute atomic E-state index is 10.8. The van der Waals surface area contributed by atoms with Crippen LogP contribution in [0.5, 0.6) is 0 Å². The minimum atomic E-state index is -1.97. The Bertz CT molecular complexity index is 473. The molecule has 0 saturated carbocycles. The fourth-order valence-corrected chi connectivity index (χ4v) is 2.34. The summed E-state index contributed by atoms with van der Waals surface area (Å²) in [7, 11) is 1.65. The van der Waals surface area contributed by atoms with E-state index in [1.807, 2.05) is 39.0 Å². The van der Waals surface area contributed by atoms with Crippen LogP contribution in [0, 0.1) is 0 Å². The summed E-state index contributed by atoms with van der Waals surface area (Å²) in [6, 6.07) is 8.52. The topological polar surface area (TPSA) is 62.2 Å². The smallest absolute Gasteiger partial charge is 0.354 e. The molecule has 112 valence electrons. The third-order valence-electron chi connectivity index (χ3n) is 3.51. The molecule has 0 spiro atoms. The van der Waals surface area contributed by atoms with Gasteiger partial charge in [-0.25, -0.2) is 4.90 Å². The minimum Gasteiger partial charge on any atom is -0.360 e. The summed E-state index contributed by atoms with van der Waals surface area (Å²) in [5.74, 6) is -1.63. The molecule has 1 aliphatic rings. The van der Waals surface area contributed by atoms with Gasteiger partial charge in [0, 0.05) is 5.56 Å². The van der Waals surface area contributed by atoms with Crippen LogP contribution in [0.2, 0.25) is 0 Å². The average Bonchev–Trinajstić information content (AvgIpc) is 2.50. The molecular weight excluding hydrogens is 258 g/mol. The van der Waals surface area contributed by atoms with Crippen LogP contribution in [0.25, 0.3) is 0 Å². The normalized spacial score (nSPS) is 35.5. The third-order valence-corrected chi connectivity index (χ3v) is 3.51. The summed E-state index contributed by atoms with van der Waals surface area (Å²) in [6.07, 6.45) is -1.97. The van der Waals surface area contributed by atoms with Gasteiger partial charge in [-0.1, -0.05) is 30.3 Å². The molecule has 5 nitrogen and oxygen atoms in total. The van der Waals surface area contributed by atoms with Gasteiger partial charge in [0.1, 0.15) is 0 Å². The van der Waals surface area contributed by atoms with Crippen LogP contribution in [0.3, 0.4) is 0 Å². The second kappa shape index (κ2) is 4.79. The maximum atomic E-state index is 10.8. The first-order chi connectivity index (χ1) is 9.08. The number of hydrogen-bond donors (Lipinski definition) is 2. The molecule has 5 heteroatoms. The highest BCUT2D eigenvalue weighted by atomic mass is 16.9. The molecule has 0 aromatic heterocycles. The summed E-state index contributed by atoms with van der Waals surface area (Å²) in [4.78, 5) is 1.48. The highest BCUT2D eigenvalue weighted by Crippen LogP contribution is 2.43. The summed E-state index contributed by atoms with van der Waals surface area (Å²) in [5, 5.41) is 21.4. The Morgan fingerprint density at radius 1 is 1.20 bits per heavy atom. The van der Waals surface area contributed by atoms with Crippen molar-refractivity contribution in [1.82, 2.24) is 4.90 Å². The molecule has 1 fully saturated rings. The van der Waals surface area contributed by atoms with Gasteiger partial charge in [0.2, 0.25) is 5.79 Å². The molecule has 3 atom stereocenters. The van der Waals surface area contributed by atoms with Crippen molar-refractivity contribution in [2.75, 3.05) is 7.05 Å². The Morgan fingerprint density at radius 3 is 2.25 bits per heavy atom. The maximum Gasteiger partial charge on any atom is 0.354 e. The summed E-state index contributed by atoms with van der Waals surface area (Å²) in [6.45, 7) is 7.21. The Labute approximate surface area is 119 Å². The quantitative estimate of drug-likeness (QED) is 0.806. The molecule has 0 amide bonds. The van der Waals surface area contributed by atoms with E-state index in [0.717, 1.165) is 0 Å².